The molecule has 0 atom stereocenters. The zero-order valence-corrected chi connectivity index (χ0v) is 9.25. The Morgan fingerprint density at radius 1 is 1.57 bits per heavy atom. The van der Waals surface area contributed by atoms with Gasteiger partial charge in [0.1, 0.15) is 5.82 Å². The Balaban J connectivity index is 2.18. The van der Waals surface area contributed by atoms with Crippen LogP contribution in [-0.4, -0.2) is 16.8 Å². The van der Waals surface area contributed by atoms with Crippen LogP contribution < -0.4 is 5.32 Å². The quantitative estimate of drug-likeness (QED) is 0.796. The Hall–Kier alpha value is -0.990. The maximum absolute atomic E-state index is 4.64. The Morgan fingerprint density at radius 3 is 2.79 bits per heavy atom. The molecule has 14 heavy (non-hydrogen) atoms. The van der Waals surface area contributed by atoms with Crippen LogP contribution in [0.2, 0.25) is 0 Å². The molecule has 0 amide bonds. The van der Waals surface area contributed by atoms with Gasteiger partial charge < -0.3 is 5.32 Å². The Morgan fingerprint density at radius 2 is 2.29 bits per heavy atom. The minimum atomic E-state index is 0.647. The molecule has 1 aromatic heterocycles. The summed E-state index contributed by atoms with van der Waals surface area (Å²) in [5, 5.41) is 7.84. The lowest BCUT2D eigenvalue weighted by Crippen LogP contribution is -2.09. The molecule has 3 heteroatoms. The van der Waals surface area contributed by atoms with Gasteiger partial charge in [-0.15, -0.1) is 0 Å². The third-order valence-corrected chi connectivity index (χ3v) is 2.59. The van der Waals surface area contributed by atoms with Crippen LogP contribution in [0, 0.1) is 5.92 Å². The second kappa shape index (κ2) is 3.64. The summed E-state index contributed by atoms with van der Waals surface area (Å²) in [4.78, 5) is 0. The molecule has 1 fully saturated rings. The van der Waals surface area contributed by atoms with Crippen molar-refractivity contribution in [1.82, 2.24) is 9.78 Å². The van der Waals surface area contributed by atoms with Gasteiger partial charge in [-0.25, -0.2) is 4.68 Å². The summed E-state index contributed by atoms with van der Waals surface area (Å²) < 4.78 is 2.10. The highest BCUT2D eigenvalue weighted by Crippen LogP contribution is 2.40. The number of aromatic nitrogens is 2. The summed E-state index contributed by atoms with van der Waals surface area (Å²) in [7, 11) is 1.96. The fraction of sp³-hybridized carbons (Fsp3) is 0.727. The molecule has 1 N–H and O–H groups in total. The maximum atomic E-state index is 4.64. The van der Waals surface area contributed by atoms with Gasteiger partial charge >= 0.3 is 0 Å². The summed E-state index contributed by atoms with van der Waals surface area (Å²) in [6.07, 6.45) is 2.64. The van der Waals surface area contributed by atoms with Crippen LogP contribution in [0.5, 0.6) is 0 Å². The Labute approximate surface area is 85.5 Å². The number of hydrogen-bond donors (Lipinski definition) is 1. The second-order valence-electron chi connectivity index (χ2n) is 4.55. The van der Waals surface area contributed by atoms with Gasteiger partial charge in [-0.2, -0.15) is 5.10 Å². The first-order valence-corrected chi connectivity index (χ1v) is 5.46. The Bertz CT molecular complexity index is 310. The molecule has 0 saturated heterocycles. The topological polar surface area (TPSA) is 29.9 Å². The van der Waals surface area contributed by atoms with Crippen LogP contribution in [-0.2, 0) is 6.54 Å². The number of hydrogen-bond acceptors (Lipinski definition) is 2. The lowest BCUT2D eigenvalue weighted by molar-refractivity contribution is 0.484. The van der Waals surface area contributed by atoms with Crippen molar-refractivity contribution in [3.63, 3.8) is 0 Å². The van der Waals surface area contributed by atoms with Gasteiger partial charge in [0.2, 0.25) is 0 Å². The van der Waals surface area contributed by atoms with Crippen molar-refractivity contribution in [3.8, 4) is 0 Å². The van der Waals surface area contributed by atoms with Gasteiger partial charge in [0, 0.05) is 25.6 Å². The molecule has 1 aliphatic rings. The van der Waals surface area contributed by atoms with Crippen LogP contribution in [0.3, 0.4) is 0 Å². The highest BCUT2D eigenvalue weighted by atomic mass is 15.3. The van der Waals surface area contributed by atoms with Gasteiger partial charge in [0.15, 0.2) is 0 Å². The third kappa shape index (κ3) is 1.91. The molecule has 0 spiro atoms. The fourth-order valence-electron chi connectivity index (χ4n) is 1.70. The van der Waals surface area contributed by atoms with E-state index in [1.807, 2.05) is 7.05 Å². The fourth-order valence-corrected chi connectivity index (χ4v) is 1.70. The van der Waals surface area contributed by atoms with E-state index in [0.29, 0.717) is 5.92 Å². The van der Waals surface area contributed by atoms with E-state index in [0.717, 1.165) is 18.3 Å². The smallest absolute Gasteiger partial charge is 0.124 e. The molecule has 1 saturated carbocycles. The molecular formula is C11H19N3. The molecule has 0 unspecified atom stereocenters. The van der Waals surface area contributed by atoms with Gasteiger partial charge in [0.25, 0.3) is 0 Å². The molecule has 78 valence electrons. The molecule has 0 radical (unpaired) electrons. The largest absolute Gasteiger partial charge is 0.373 e. The van der Waals surface area contributed by atoms with Gasteiger partial charge in [-0.3, -0.25) is 0 Å². The van der Waals surface area contributed by atoms with Crippen molar-refractivity contribution in [2.75, 3.05) is 12.4 Å². The molecular weight excluding hydrogens is 174 g/mol. The minimum absolute atomic E-state index is 0.647. The second-order valence-corrected chi connectivity index (χ2v) is 4.55. The first kappa shape index (κ1) is 9.56. The third-order valence-electron chi connectivity index (χ3n) is 2.59. The number of rotatable bonds is 4. The normalized spacial score (nSPS) is 16.3. The van der Waals surface area contributed by atoms with Gasteiger partial charge in [-0.1, -0.05) is 13.8 Å². The van der Waals surface area contributed by atoms with Crippen molar-refractivity contribution in [3.05, 3.63) is 11.8 Å². The van der Waals surface area contributed by atoms with E-state index in [1.54, 1.807) is 0 Å². The Kier molecular flexibility index (Phi) is 2.48. The van der Waals surface area contributed by atoms with Crippen LogP contribution in [0.4, 0.5) is 5.82 Å². The van der Waals surface area contributed by atoms with E-state index < -0.39 is 0 Å². The highest BCUT2D eigenvalue weighted by molar-refractivity contribution is 5.38. The molecule has 1 heterocycles. The maximum Gasteiger partial charge on any atom is 0.124 e. The molecule has 0 bridgehead atoms. The minimum Gasteiger partial charge on any atom is -0.373 e. The monoisotopic (exact) mass is 193 g/mol. The number of nitrogens with one attached hydrogen (secondary N) is 1. The molecule has 0 aliphatic heterocycles. The van der Waals surface area contributed by atoms with Gasteiger partial charge in [0.05, 0.1) is 5.69 Å². The van der Waals surface area contributed by atoms with Crippen molar-refractivity contribution in [2.45, 2.75) is 39.2 Å². The van der Waals surface area contributed by atoms with Crippen molar-refractivity contribution in [1.29, 1.82) is 0 Å². The summed E-state index contributed by atoms with van der Waals surface area (Å²) in [5.74, 6) is 2.55. The summed E-state index contributed by atoms with van der Waals surface area (Å²) in [6.45, 7) is 5.44. The van der Waals surface area contributed by atoms with E-state index in [-0.39, 0.29) is 0 Å². The predicted molar refractivity (Wildman–Crippen MR) is 58.6 cm³/mol. The SMILES string of the molecule is CNc1cc(C2CC2)nn1CC(C)C. The van der Waals surface area contributed by atoms with Crippen molar-refractivity contribution in [2.24, 2.45) is 5.92 Å². The van der Waals surface area contributed by atoms with E-state index in [9.17, 15) is 0 Å². The lowest BCUT2D eigenvalue weighted by Gasteiger charge is -2.08. The molecule has 1 aromatic rings. The van der Waals surface area contributed by atoms with Crippen LogP contribution >= 0.6 is 0 Å². The summed E-state index contributed by atoms with van der Waals surface area (Å²) in [6, 6.07) is 2.19. The first-order valence-electron chi connectivity index (χ1n) is 5.46. The summed E-state index contributed by atoms with van der Waals surface area (Å²) >= 11 is 0. The zero-order valence-electron chi connectivity index (χ0n) is 9.25. The first-order chi connectivity index (χ1) is 6.70. The van der Waals surface area contributed by atoms with E-state index >= 15 is 0 Å². The zero-order chi connectivity index (χ0) is 10.1. The molecule has 0 aromatic carbocycles. The number of nitrogens with zero attached hydrogens (tertiary/aromatic N) is 2. The molecule has 2 rings (SSSR count). The van der Waals surface area contributed by atoms with Crippen LogP contribution in [0.1, 0.15) is 38.3 Å². The highest BCUT2D eigenvalue weighted by Gasteiger charge is 2.27. The average Bonchev–Trinajstić information content (AvgIpc) is 2.89. The lowest BCUT2D eigenvalue weighted by atomic mass is 10.2. The molecule has 3 nitrogen and oxygen atoms in total. The van der Waals surface area contributed by atoms with Crippen molar-refractivity contribution < 1.29 is 0 Å². The van der Waals surface area contributed by atoms with Crippen LogP contribution in [0.25, 0.3) is 0 Å². The van der Waals surface area contributed by atoms with E-state index in [2.05, 4.69) is 35.0 Å². The van der Waals surface area contributed by atoms with E-state index in [4.69, 9.17) is 0 Å². The van der Waals surface area contributed by atoms with Gasteiger partial charge in [-0.05, 0) is 18.8 Å². The average molecular weight is 193 g/mol. The number of anilines is 1. The predicted octanol–water partition coefficient (Wildman–Crippen LogP) is 2.46. The van der Waals surface area contributed by atoms with Crippen LogP contribution in [0.15, 0.2) is 6.07 Å². The standard InChI is InChI=1S/C11H19N3/c1-8(2)7-14-11(12-3)6-10(13-14)9-4-5-9/h6,8-9,12H,4-5,7H2,1-3H3. The summed E-state index contributed by atoms with van der Waals surface area (Å²) in [5.41, 5.74) is 1.27. The van der Waals surface area contributed by atoms with E-state index in [1.165, 1.54) is 18.5 Å². The molecule has 1 aliphatic carbocycles. The van der Waals surface area contributed by atoms with Crippen molar-refractivity contribution >= 4 is 5.82 Å².